The van der Waals surface area contributed by atoms with E-state index in [1.807, 2.05) is 31.2 Å². The number of hydrogen-bond donors (Lipinski definition) is 0. The van der Waals surface area contributed by atoms with Crippen LogP contribution in [0.15, 0.2) is 53.3 Å². The van der Waals surface area contributed by atoms with Crippen LogP contribution in [0.25, 0.3) is 10.9 Å². The summed E-state index contributed by atoms with van der Waals surface area (Å²) in [5.74, 6) is 1.14. The molecule has 2 heterocycles. The largest absolute Gasteiger partial charge is 0.486 e. The fraction of sp³-hybridized carbons (Fsp3) is 0.300. The van der Waals surface area contributed by atoms with E-state index in [1.54, 1.807) is 29.2 Å². The van der Waals surface area contributed by atoms with Gasteiger partial charge in [-0.3, -0.25) is 9.59 Å². The van der Waals surface area contributed by atoms with Crippen LogP contribution in [0.1, 0.15) is 6.92 Å². The quantitative estimate of drug-likeness (QED) is 0.666. The fourth-order valence-electron chi connectivity index (χ4n) is 3.16. The maximum absolute atomic E-state index is 12.8. The van der Waals surface area contributed by atoms with Crippen molar-refractivity contribution >= 4 is 16.8 Å². The number of aromatic nitrogens is 3. The molecule has 1 amide bonds. The van der Waals surface area contributed by atoms with Gasteiger partial charge in [0.1, 0.15) is 18.7 Å². The van der Waals surface area contributed by atoms with Crippen LogP contribution in [0.5, 0.6) is 11.5 Å². The Hall–Kier alpha value is -3.42. The van der Waals surface area contributed by atoms with E-state index in [1.165, 1.54) is 0 Å². The molecule has 0 saturated carbocycles. The number of nitrogens with zero attached hydrogens (tertiary/aromatic N) is 4. The molecular weight excluding hydrogens is 360 g/mol. The minimum absolute atomic E-state index is 0.172. The fourth-order valence-corrected chi connectivity index (χ4v) is 3.16. The van der Waals surface area contributed by atoms with Crippen molar-refractivity contribution in [2.75, 3.05) is 19.7 Å². The number of benzene rings is 2. The van der Waals surface area contributed by atoms with Crippen molar-refractivity contribution in [2.45, 2.75) is 19.6 Å². The molecule has 8 heteroatoms. The molecule has 28 heavy (non-hydrogen) atoms. The minimum Gasteiger partial charge on any atom is -0.486 e. The molecule has 4 rings (SSSR count). The van der Waals surface area contributed by atoms with Gasteiger partial charge in [-0.15, -0.1) is 5.10 Å². The Kier molecular flexibility index (Phi) is 4.92. The maximum atomic E-state index is 12.8. The van der Waals surface area contributed by atoms with Crippen LogP contribution in [0, 0.1) is 0 Å². The molecule has 144 valence electrons. The minimum atomic E-state index is -0.332. The average Bonchev–Trinajstić information content (AvgIpc) is 2.74. The molecule has 1 aliphatic rings. The van der Waals surface area contributed by atoms with Gasteiger partial charge in [-0.2, -0.15) is 0 Å². The molecule has 0 unspecified atom stereocenters. The molecule has 0 bridgehead atoms. The number of fused-ring (bicyclic) bond motifs is 2. The summed E-state index contributed by atoms with van der Waals surface area (Å²) in [5, 5.41) is 8.35. The van der Waals surface area contributed by atoms with Gasteiger partial charge in [0, 0.05) is 6.54 Å². The molecule has 1 aromatic heterocycles. The second kappa shape index (κ2) is 7.67. The number of carbonyl (C=O) groups excluding carboxylic acids is 1. The normalized spacial score (nSPS) is 15.4. The Morgan fingerprint density at radius 3 is 2.75 bits per heavy atom. The molecule has 0 aliphatic carbocycles. The summed E-state index contributed by atoms with van der Waals surface area (Å²) in [4.78, 5) is 26.9. The van der Waals surface area contributed by atoms with E-state index >= 15 is 0 Å². The highest BCUT2D eigenvalue weighted by atomic mass is 16.6. The van der Waals surface area contributed by atoms with Gasteiger partial charge >= 0.3 is 0 Å². The molecule has 1 aliphatic heterocycles. The molecule has 0 N–H and O–H groups in total. The van der Waals surface area contributed by atoms with Crippen molar-refractivity contribution in [1.82, 2.24) is 19.9 Å². The Balaban J connectivity index is 1.46. The summed E-state index contributed by atoms with van der Waals surface area (Å²) >= 11 is 0. The summed E-state index contributed by atoms with van der Waals surface area (Å²) in [6.45, 7) is 2.91. The van der Waals surface area contributed by atoms with Crippen molar-refractivity contribution in [3.63, 3.8) is 0 Å². The van der Waals surface area contributed by atoms with Crippen molar-refractivity contribution < 1.29 is 14.3 Å². The van der Waals surface area contributed by atoms with Gasteiger partial charge in [-0.1, -0.05) is 29.5 Å². The highest BCUT2D eigenvalue weighted by Crippen LogP contribution is 2.31. The summed E-state index contributed by atoms with van der Waals surface area (Å²) < 4.78 is 12.7. The van der Waals surface area contributed by atoms with E-state index in [-0.39, 0.29) is 24.1 Å². The van der Waals surface area contributed by atoms with Gasteiger partial charge in [0.05, 0.1) is 11.9 Å². The molecule has 0 fully saturated rings. The first-order valence-corrected chi connectivity index (χ1v) is 9.14. The van der Waals surface area contributed by atoms with E-state index < -0.39 is 0 Å². The first-order valence-electron chi connectivity index (χ1n) is 9.14. The van der Waals surface area contributed by atoms with Gasteiger partial charge in [0.15, 0.2) is 17.6 Å². The van der Waals surface area contributed by atoms with Crippen LogP contribution in [0.3, 0.4) is 0 Å². The number of amides is 1. The van der Waals surface area contributed by atoms with Gasteiger partial charge in [0.25, 0.3) is 5.56 Å². The smallest absolute Gasteiger partial charge is 0.278 e. The standard InChI is InChI=1S/C20H20N4O4/c1-2-23(11-14-13-27-17-9-5-6-10-18(17)28-14)19(25)12-24-20(26)15-7-3-4-8-16(15)21-22-24/h3-10,14H,2,11-13H2,1H3/t14-/m0/s1. The highest BCUT2D eigenvalue weighted by molar-refractivity contribution is 5.78. The van der Waals surface area contributed by atoms with Crippen molar-refractivity contribution in [1.29, 1.82) is 0 Å². The summed E-state index contributed by atoms with van der Waals surface area (Å²) in [7, 11) is 0. The molecule has 8 nitrogen and oxygen atoms in total. The lowest BCUT2D eigenvalue weighted by molar-refractivity contribution is -0.133. The predicted octanol–water partition coefficient (Wildman–Crippen LogP) is 1.48. The molecule has 0 radical (unpaired) electrons. The van der Waals surface area contributed by atoms with E-state index in [9.17, 15) is 9.59 Å². The Labute approximate surface area is 161 Å². The second-order valence-corrected chi connectivity index (χ2v) is 6.50. The predicted molar refractivity (Wildman–Crippen MR) is 102 cm³/mol. The van der Waals surface area contributed by atoms with E-state index in [2.05, 4.69) is 10.3 Å². The van der Waals surface area contributed by atoms with E-state index in [4.69, 9.17) is 9.47 Å². The van der Waals surface area contributed by atoms with Crippen molar-refractivity contribution in [3.8, 4) is 11.5 Å². The summed E-state index contributed by atoms with van der Waals surface area (Å²) in [6, 6.07) is 14.4. The Morgan fingerprint density at radius 2 is 1.93 bits per heavy atom. The van der Waals surface area contributed by atoms with Crippen LogP contribution >= 0.6 is 0 Å². The molecule has 2 aromatic carbocycles. The third-order valence-corrected chi connectivity index (χ3v) is 4.64. The lowest BCUT2D eigenvalue weighted by atomic mass is 10.2. The summed E-state index contributed by atoms with van der Waals surface area (Å²) in [6.07, 6.45) is -0.279. The molecule has 0 spiro atoms. The SMILES string of the molecule is CCN(C[C@H]1COc2ccccc2O1)C(=O)Cn1nnc2ccccc2c1=O. The number of ether oxygens (including phenoxy) is 2. The highest BCUT2D eigenvalue weighted by Gasteiger charge is 2.25. The molecule has 3 aromatic rings. The zero-order chi connectivity index (χ0) is 19.5. The summed E-state index contributed by atoms with van der Waals surface area (Å²) in [5.41, 5.74) is 0.177. The number of carbonyl (C=O) groups is 1. The van der Waals surface area contributed by atoms with Gasteiger partial charge < -0.3 is 14.4 Å². The van der Waals surface area contributed by atoms with Crippen LogP contribution in [-0.4, -0.2) is 51.6 Å². The molecule has 1 atom stereocenters. The maximum Gasteiger partial charge on any atom is 0.278 e. The number of rotatable bonds is 5. The van der Waals surface area contributed by atoms with Crippen LogP contribution in [0.2, 0.25) is 0 Å². The van der Waals surface area contributed by atoms with Gasteiger partial charge in [-0.05, 0) is 31.2 Å². The average molecular weight is 380 g/mol. The monoisotopic (exact) mass is 380 g/mol. The molecular formula is C20H20N4O4. The number of hydrogen-bond acceptors (Lipinski definition) is 6. The zero-order valence-electron chi connectivity index (χ0n) is 15.4. The molecule has 0 saturated heterocycles. The van der Waals surface area contributed by atoms with Crippen molar-refractivity contribution in [3.05, 3.63) is 58.9 Å². The van der Waals surface area contributed by atoms with Gasteiger partial charge in [0.2, 0.25) is 5.91 Å². The van der Waals surface area contributed by atoms with Gasteiger partial charge in [-0.25, -0.2) is 4.68 Å². The second-order valence-electron chi connectivity index (χ2n) is 6.50. The Bertz CT molecular complexity index is 1070. The number of likely N-dealkylation sites (N-methyl/N-ethyl adjacent to an activating group) is 1. The van der Waals surface area contributed by atoms with Crippen LogP contribution < -0.4 is 15.0 Å². The van der Waals surface area contributed by atoms with Crippen LogP contribution in [-0.2, 0) is 11.3 Å². The van der Waals surface area contributed by atoms with E-state index in [0.717, 1.165) is 4.68 Å². The van der Waals surface area contributed by atoms with Crippen molar-refractivity contribution in [2.24, 2.45) is 0 Å². The van der Waals surface area contributed by atoms with Crippen LogP contribution in [0.4, 0.5) is 0 Å². The first kappa shape index (κ1) is 18.0. The lowest BCUT2D eigenvalue weighted by Crippen LogP contribution is -2.45. The van der Waals surface area contributed by atoms with E-state index in [0.29, 0.717) is 42.1 Å². The Morgan fingerprint density at radius 1 is 1.18 bits per heavy atom. The first-order chi connectivity index (χ1) is 13.7. The topological polar surface area (TPSA) is 86.6 Å². The lowest BCUT2D eigenvalue weighted by Gasteiger charge is -2.30. The third kappa shape index (κ3) is 3.53. The third-order valence-electron chi connectivity index (χ3n) is 4.64. The number of para-hydroxylation sites is 2. The zero-order valence-corrected chi connectivity index (χ0v) is 15.4.